The van der Waals surface area contributed by atoms with Gasteiger partial charge in [-0.25, -0.2) is 8.42 Å². The highest BCUT2D eigenvalue weighted by Gasteiger charge is 2.22. The molecular formula is C8H20N2O3S. The molecule has 0 heterocycles. The van der Waals surface area contributed by atoms with Crippen molar-refractivity contribution in [2.24, 2.45) is 0 Å². The molecule has 0 rings (SSSR count). The molecule has 0 aromatic heterocycles. The van der Waals surface area contributed by atoms with E-state index in [-0.39, 0.29) is 11.8 Å². The second-order valence-corrected chi connectivity index (χ2v) is 5.39. The molecule has 0 radical (unpaired) electrons. The van der Waals surface area contributed by atoms with Crippen molar-refractivity contribution in [3.8, 4) is 0 Å². The summed E-state index contributed by atoms with van der Waals surface area (Å²) in [6.45, 7) is 2.70. The molecule has 0 saturated carbocycles. The van der Waals surface area contributed by atoms with Gasteiger partial charge in [-0.2, -0.15) is 4.31 Å². The predicted molar refractivity (Wildman–Crippen MR) is 56.8 cm³/mol. The highest BCUT2D eigenvalue weighted by Crippen LogP contribution is 2.04. The van der Waals surface area contributed by atoms with Gasteiger partial charge in [0.2, 0.25) is 10.0 Å². The zero-order chi connectivity index (χ0) is 11.2. The summed E-state index contributed by atoms with van der Waals surface area (Å²) >= 11 is 0. The standard InChI is InChI=1S/C8H20N2O3S/c1-8(7-13-4)10(3)14(11,12)6-5-9-2/h8-9H,5-7H2,1-4H3. The maximum atomic E-state index is 11.6. The SMILES string of the molecule is CNCCS(=O)(=O)N(C)C(C)COC. The van der Waals surface area contributed by atoms with Gasteiger partial charge >= 0.3 is 0 Å². The molecule has 0 spiro atoms. The Bertz CT molecular complexity index is 241. The van der Waals surface area contributed by atoms with Crippen molar-refractivity contribution >= 4 is 10.0 Å². The van der Waals surface area contributed by atoms with Crippen molar-refractivity contribution in [2.45, 2.75) is 13.0 Å². The van der Waals surface area contributed by atoms with E-state index in [4.69, 9.17) is 4.74 Å². The Kier molecular flexibility index (Phi) is 6.26. The van der Waals surface area contributed by atoms with E-state index in [0.29, 0.717) is 13.2 Å². The second-order valence-electron chi connectivity index (χ2n) is 3.24. The first-order valence-corrected chi connectivity index (χ1v) is 6.16. The van der Waals surface area contributed by atoms with Crippen LogP contribution >= 0.6 is 0 Å². The normalized spacial score (nSPS) is 14.6. The van der Waals surface area contributed by atoms with Crippen LogP contribution in [-0.2, 0) is 14.8 Å². The Morgan fingerprint density at radius 3 is 2.50 bits per heavy atom. The molecule has 0 saturated heterocycles. The van der Waals surface area contributed by atoms with Gasteiger partial charge in [-0.05, 0) is 14.0 Å². The number of hydrogen-bond acceptors (Lipinski definition) is 4. The first-order valence-electron chi connectivity index (χ1n) is 4.55. The molecule has 0 aliphatic heterocycles. The molecule has 1 unspecified atom stereocenters. The van der Waals surface area contributed by atoms with Crippen LogP contribution in [0.5, 0.6) is 0 Å². The molecule has 14 heavy (non-hydrogen) atoms. The molecule has 1 atom stereocenters. The van der Waals surface area contributed by atoms with Gasteiger partial charge in [0.1, 0.15) is 0 Å². The van der Waals surface area contributed by atoms with Crippen molar-refractivity contribution in [1.82, 2.24) is 9.62 Å². The van der Waals surface area contributed by atoms with Crippen molar-refractivity contribution in [1.29, 1.82) is 0 Å². The lowest BCUT2D eigenvalue weighted by Crippen LogP contribution is -2.40. The quantitative estimate of drug-likeness (QED) is 0.633. The Hall–Kier alpha value is -0.170. The first-order chi connectivity index (χ1) is 6.45. The van der Waals surface area contributed by atoms with Gasteiger partial charge in [0, 0.05) is 26.7 Å². The maximum Gasteiger partial charge on any atom is 0.215 e. The summed E-state index contributed by atoms with van der Waals surface area (Å²) in [7, 11) is 1.72. The Morgan fingerprint density at radius 1 is 1.50 bits per heavy atom. The van der Waals surface area contributed by atoms with Gasteiger partial charge in [0.25, 0.3) is 0 Å². The summed E-state index contributed by atoms with van der Waals surface area (Å²) in [4.78, 5) is 0. The number of likely N-dealkylation sites (N-methyl/N-ethyl adjacent to an activating group) is 1. The van der Waals surface area contributed by atoms with Crippen LogP contribution in [-0.4, -0.2) is 58.9 Å². The molecular weight excluding hydrogens is 204 g/mol. The van der Waals surface area contributed by atoms with Crippen LogP contribution in [0, 0.1) is 0 Å². The number of methoxy groups -OCH3 is 1. The van der Waals surface area contributed by atoms with E-state index in [9.17, 15) is 8.42 Å². The Labute approximate surface area is 86.5 Å². The van der Waals surface area contributed by atoms with E-state index >= 15 is 0 Å². The van der Waals surface area contributed by atoms with Gasteiger partial charge in [0.15, 0.2) is 0 Å². The molecule has 5 nitrogen and oxygen atoms in total. The van der Waals surface area contributed by atoms with E-state index < -0.39 is 10.0 Å². The van der Waals surface area contributed by atoms with E-state index in [2.05, 4.69) is 5.32 Å². The Morgan fingerprint density at radius 2 is 2.07 bits per heavy atom. The van der Waals surface area contributed by atoms with Crippen LogP contribution in [0.1, 0.15) is 6.92 Å². The van der Waals surface area contributed by atoms with Crippen LogP contribution in [0.3, 0.4) is 0 Å². The predicted octanol–water partition coefficient (Wildman–Crippen LogP) is -0.498. The lowest BCUT2D eigenvalue weighted by Gasteiger charge is -2.23. The lowest BCUT2D eigenvalue weighted by molar-refractivity contribution is 0.149. The summed E-state index contributed by atoms with van der Waals surface area (Å²) in [5.41, 5.74) is 0. The highest BCUT2D eigenvalue weighted by atomic mass is 32.2. The highest BCUT2D eigenvalue weighted by molar-refractivity contribution is 7.89. The summed E-state index contributed by atoms with van der Waals surface area (Å²) < 4.78 is 29.5. The fourth-order valence-corrected chi connectivity index (χ4v) is 2.35. The summed E-state index contributed by atoms with van der Waals surface area (Å²) in [6, 6.07) is -0.123. The molecule has 0 aromatic rings. The number of nitrogens with zero attached hydrogens (tertiary/aromatic N) is 1. The third-order valence-electron chi connectivity index (χ3n) is 2.08. The number of nitrogens with one attached hydrogen (secondary N) is 1. The van der Waals surface area contributed by atoms with Gasteiger partial charge < -0.3 is 10.1 Å². The van der Waals surface area contributed by atoms with Crippen LogP contribution in [0.25, 0.3) is 0 Å². The van der Waals surface area contributed by atoms with Crippen molar-refractivity contribution in [2.75, 3.05) is 40.1 Å². The zero-order valence-electron chi connectivity index (χ0n) is 9.28. The molecule has 0 bridgehead atoms. The minimum Gasteiger partial charge on any atom is -0.383 e. The fraction of sp³-hybridized carbons (Fsp3) is 1.00. The molecule has 0 aliphatic carbocycles. The average Bonchev–Trinajstić information content (AvgIpc) is 2.14. The summed E-state index contributed by atoms with van der Waals surface area (Å²) in [6.07, 6.45) is 0. The molecule has 0 aliphatic rings. The Balaban J connectivity index is 4.27. The third-order valence-corrected chi connectivity index (χ3v) is 4.03. The lowest BCUT2D eigenvalue weighted by atomic mass is 10.4. The van der Waals surface area contributed by atoms with E-state index in [1.807, 2.05) is 6.92 Å². The van der Waals surface area contributed by atoms with Crippen LogP contribution in [0.4, 0.5) is 0 Å². The minimum absolute atomic E-state index is 0.119. The number of sulfonamides is 1. The molecule has 0 aromatic carbocycles. The average molecular weight is 224 g/mol. The third kappa shape index (κ3) is 4.36. The number of rotatable bonds is 7. The minimum atomic E-state index is -3.15. The molecule has 0 fully saturated rings. The van der Waals surface area contributed by atoms with Gasteiger partial charge in [-0.15, -0.1) is 0 Å². The van der Waals surface area contributed by atoms with Crippen LogP contribution in [0.15, 0.2) is 0 Å². The molecule has 6 heteroatoms. The largest absolute Gasteiger partial charge is 0.383 e. The maximum absolute atomic E-state index is 11.6. The van der Waals surface area contributed by atoms with Crippen molar-refractivity contribution in [3.63, 3.8) is 0 Å². The van der Waals surface area contributed by atoms with Gasteiger partial charge in [0.05, 0.1) is 12.4 Å². The number of ether oxygens (including phenoxy) is 1. The van der Waals surface area contributed by atoms with E-state index in [1.165, 1.54) is 4.31 Å². The molecule has 1 N–H and O–H groups in total. The zero-order valence-corrected chi connectivity index (χ0v) is 10.1. The van der Waals surface area contributed by atoms with E-state index in [1.54, 1.807) is 21.2 Å². The van der Waals surface area contributed by atoms with Gasteiger partial charge in [-0.1, -0.05) is 0 Å². The van der Waals surface area contributed by atoms with Crippen LogP contribution in [0.2, 0.25) is 0 Å². The molecule has 86 valence electrons. The topological polar surface area (TPSA) is 58.6 Å². The fourth-order valence-electron chi connectivity index (χ4n) is 0.995. The smallest absolute Gasteiger partial charge is 0.215 e. The second kappa shape index (κ2) is 6.34. The van der Waals surface area contributed by atoms with Crippen LogP contribution < -0.4 is 5.32 Å². The summed E-state index contributed by atoms with van der Waals surface area (Å²) in [5.74, 6) is 0.119. The number of hydrogen-bond donors (Lipinski definition) is 1. The van der Waals surface area contributed by atoms with Gasteiger partial charge in [-0.3, -0.25) is 0 Å². The van der Waals surface area contributed by atoms with E-state index in [0.717, 1.165) is 0 Å². The summed E-state index contributed by atoms with van der Waals surface area (Å²) in [5, 5.41) is 2.81. The van der Waals surface area contributed by atoms with Crippen molar-refractivity contribution < 1.29 is 13.2 Å². The monoisotopic (exact) mass is 224 g/mol. The first kappa shape index (κ1) is 13.8. The molecule has 0 amide bonds. The van der Waals surface area contributed by atoms with Crippen molar-refractivity contribution in [3.05, 3.63) is 0 Å².